The topological polar surface area (TPSA) is 59.0 Å². The van der Waals surface area contributed by atoms with Gasteiger partial charge in [0.2, 0.25) is 0 Å². The lowest BCUT2D eigenvalue weighted by molar-refractivity contribution is -0.142. The van der Waals surface area contributed by atoms with Gasteiger partial charge in [-0.3, -0.25) is 9.69 Å². The van der Waals surface area contributed by atoms with Gasteiger partial charge in [0, 0.05) is 6.42 Å². The third-order valence-corrected chi connectivity index (χ3v) is 2.81. The van der Waals surface area contributed by atoms with Crippen LogP contribution in [-0.4, -0.2) is 50.3 Å². The lowest BCUT2D eigenvalue weighted by atomic mass is 10.0. The van der Waals surface area contributed by atoms with E-state index < -0.39 is 12.0 Å². The number of nitrogens with zero attached hydrogens (tertiary/aromatic N) is 1. The van der Waals surface area contributed by atoms with Gasteiger partial charge in [-0.15, -0.1) is 0 Å². The molecule has 0 aliphatic carbocycles. The van der Waals surface area contributed by atoms with E-state index in [1.807, 2.05) is 0 Å². The maximum absolute atomic E-state index is 11.2. The van der Waals surface area contributed by atoms with Crippen molar-refractivity contribution >= 4 is 5.97 Å². The Morgan fingerprint density at radius 2 is 2.00 bits per heavy atom. The van der Waals surface area contributed by atoms with E-state index in [1.165, 1.54) is 0 Å². The largest absolute Gasteiger partial charge is 0.497 e. The number of carboxylic acid groups (broad SMARTS) is 1. The van der Waals surface area contributed by atoms with Crippen LogP contribution in [0.15, 0.2) is 18.2 Å². The molecule has 1 aromatic rings. The highest BCUT2D eigenvalue weighted by Gasteiger charge is 2.22. The summed E-state index contributed by atoms with van der Waals surface area (Å²) in [5.41, 5.74) is 0.818. The van der Waals surface area contributed by atoms with Gasteiger partial charge in [-0.2, -0.15) is 0 Å². The molecule has 0 radical (unpaired) electrons. The molecule has 1 aromatic carbocycles. The van der Waals surface area contributed by atoms with Crippen molar-refractivity contribution < 1.29 is 19.4 Å². The molecule has 0 aliphatic rings. The van der Waals surface area contributed by atoms with Crippen LogP contribution in [0, 0.1) is 0 Å². The summed E-state index contributed by atoms with van der Waals surface area (Å²) in [7, 11) is 6.62. The zero-order valence-electron chi connectivity index (χ0n) is 11.1. The molecule has 0 saturated carbocycles. The lowest BCUT2D eigenvalue weighted by Crippen LogP contribution is -2.37. The third-order valence-electron chi connectivity index (χ3n) is 2.81. The quantitative estimate of drug-likeness (QED) is 0.827. The second-order valence-corrected chi connectivity index (χ2v) is 4.20. The van der Waals surface area contributed by atoms with E-state index in [4.69, 9.17) is 9.47 Å². The van der Waals surface area contributed by atoms with Crippen molar-refractivity contribution in [3.63, 3.8) is 0 Å². The fourth-order valence-corrected chi connectivity index (χ4v) is 1.74. The van der Waals surface area contributed by atoms with Crippen molar-refractivity contribution in [2.45, 2.75) is 12.5 Å². The minimum Gasteiger partial charge on any atom is -0.497 e. The number of ether oxygens (including phenoxy) is 2. The summed E-state index contributed by atoms with van der Waals surface area (Å²) in [4.78, 5) is 12.9. The summed E-state index contributed by atoms with van der Waals surface area (Å²) < 4.78 is 10.4. The molecule has 0 spiro atoms. The Kier molecular flexibility index (Phi) is 4.97. The number of likely N-dealkylation sites (N-methyl/N-ethyl adjacent to an activating group) is 1. The molecule has 5 heteroatoms. The van der Waals surface area contributed by atoms with Gasteiger partial charge in [-0.05, 0) is 37.9 Å². The molecule has 1 atom stereocenters. The number of benzene rings is 1. The Morgan fingerprint density at radius 3 is 2.44 bits per heavy atom. The maximum atomic E-state index is 11.2. The Balaban J connectivity index is 3.03. The number of carboxylic acids is 1. The summed E-state index contributed by atoms with van der Waals surface area (Å²) in [6, 6.07) is 4.78. The molecular weight excluding hydrogens is 234 g/mol. The summed E-state index contributed by atoms with van der Waals surface area (Å²) in [6.45, 7) is 0. The van der Waals surface area contributed by atoms with E-state index in [2.05, 4.69) is 0 Å². The zero-order chi connectivity index (χ0) is 13.7. The molecule has 100 valence electrons. The van der Waals surface area contributed by atoms with Gasteiger partial charge >= 0.3 is 5.97 Å². The number of carbonyl (C=O) groups is 1. The fourth-order valence-electron chi connectivity index (χ4n) is 1.74. The first kappa shape index (κ1) is 14.3. The number of hydrogen-bond acceptors (Lipinski definition) is 4. The zero-order valence-corrected chi connectivity index (χ0v) is 11.1. The SMILES string of the molecule is COc1ccc(OC)c(CC(C(=O)O)N(C)C)c1. The Hall–Kier alpha value is -1.75. The first-order valence-corrected chi connectivity index (χ1v) is 5.59. The van der Waals surface area contributed by atoms with Gasteiger partial charge in [0.05, 0.1) is 14.2 Å². The predicted molar refractivity (Wildman–Crippen MR) is 68.4 cm³/mol. The van der Waals surface area contributed by atoms with Crippen molar-refractivity contribution in [2.24, 2.45) is 0 Å². The smallest absolute Gasteiger partial charge is 0.321 e. The molecule has 18 heavy (non-hydrogen) atoms. The predicted octanol–water partition coefficient (Wildman–Crippen LogP) is 1.26. The molecule has 0 aliphatic heterocycles. The van der Waals surface area contributed by atoms with E-state index in [0.29, 0.717) is 17.9 Å². The van der Waals surface area contributed by atoms with E-state index in [9.17, 15) is 9.90 Å². The molecule has 1 N–H and O–H groups in total. The first-order valence-electron chi connectivity index (χ1n) is 5.59. The van der Waals surface area contributed by atoms with Crippen molar-refractivity contribution in [3.05, 3.63) is 23.8 Å². The van der Waals surface area contributed by atoms with Crippen molar-refractivity contribution in [2.75, 3.05) is 28.3 Å². The van der Waals surface area contributed by atoms with Crippen LogP contribution in [0.5, 0.6) is 11.5 Å². The average Bonchev–Trinajstić information content (AvgIpc) is 2.34. The molecule has 0 saturated heterocycles. The first-order chi connectivity index (χ1) is 8.49. The number of hydrogen-bond donors (Lipinski definition) is 1. The second-order valence-electron chi connectivity index (χ2n) is 4.20. The maximum Gasteiger partial charge on any atom is 0.321 e. The average molecular weight is 253 g/mol. The number of rotatable bonds is 6. The molecule has 0 heterocycles. The molecule has 5 nitrogen and oxygen atoms in total. The van der Waals surface area contributed by atoms with Crippen LogP contribution in [0.4, 0.5) is 0 Å². The second kappa shape index (κ2) is 6.26. The number of aliphatic carboxylic acids is 1. The van der Waals surface area contributed by atoms with Crippen molar-refractivity contribution in [1.29, 1.82) is 0 Å². The minimum atomic E-state index is -0.857. The normalized spacial score (nSPS) is 12.3. The van der Waals surface area contributed by atoms with Crippen LogP contribution in [0.1, 0.15) is 5.56 Å². The van der Waals surface area contributed by atoms with Crippen molar-refractivity contribution in [3.8, 4) is 11.5 Å². The number of methoxy groups -OCH3 is 2. The van der Waals surface area contributed by atoms with Gasteiger partial charge in [0.25, 0.3) is 0 Å². The van der Waals surface area contributed by atoms with Crippen LogP contribution in [0.25, 0.3) is 0 Å². The molecule has 0 aromatic heterocycles. The molecule has 0 amide bonds. The van der Waals surface area contributed by atoms with E-state index in [-0.39, 0.29) is 0 Å². The van der Waals surface area contributed by atoms with Gasteiger partial charge in [-0.1, -0.05) is 0 Å². The highest BCUT2D eigenvalue weighted by Crippen LogP contribution is 2.25. The van der Waals surface area contributed by atoms with Crippen LogP contribution in [0.3, 0.4) is 0 Å². The van der Waals surface area contributed by atoms with Crippen LogP contribution >= 0.6 is 0 Å². The molecule has 1 unspecified atom stereocenters. The fraction of sp³-hybridized carbons (Fsp3) is 0.462. The van der Waals surface area contributed by atoms with E-state index in [0.717, 1.165) is 5.56 Å². The van der Waals surface area contributed by atoms with Crippen LogP contribution in [-0.2, 0) is 11.2 Å². The van der Waals surface area contributed by atoms with Gasteiger partial charge in [-0.25, -0.2) is 0 Å². The highest BCUT2D eigenvalue weighted by molar-refractivity contribution is 5.74. The monoisotopic (exact) mass is 253 g/mol. The summed E-state index contributed by atoms with van der Waals surface area (Å²) in [6.07, 6.45) is 0.364. The van der Waals surface area contributed by atoms with Gasteiger partial charge < -0.3 is 14.6 Å². The third kappa shape index (κ3) is 3.37. The Bertz CT molecular complexity index is 417. The molecule has 0 fully saturated rings. The minimum absolute atomic E-state index is 0.364. The van der Waals surface area contributed by atoms with Crippen LogP contribution < -0.4 is 9.47 Å². The van der Waals surface area contributed by atoms with E-state index >= 15 is 0 Å². The highest BCUT2D eigenvalue weighted by atomic mass is 16.5. The Labute approximate surface area is 107 Å². The van der Waals surface area contributed by atoms with Crippen molar-refractivity contribution in [1.82, 2.24) is 4.90 Å². The summed E-state index contributed by atoms with van der Waals surface area (Å²) in [5.74, 6) is 0.502. The summed E-state index contributed by atoms with van der Waals surface area (Å²) >= 11 is 0. The molecular formula is C13H19NO4. The lowest BCUT2D eigenvalue weighted by Gasteiger charge is -2.21. The molecule has 0 bridgehead atoms. The Morgan fingerprint density at radius 1 is 1.33 bits per heavy atom. The van der Waals surface area contributed by atoms with Gasteiger partial charge in [0.1, 0.15) is 17.5 Å². The standard InChI is InChI=1S/C13H19NO4/c1-14(2)11(13(15)16)8-9-7-10(17-3)5-6-12(9)18-4/h5-7,11H,8H2,1-4H3,(H,15,16). The van der Waals surface area contributed by atoms with Gasteiger partial charge in [0.15, 0.2) is 0 Å². The van der Waals surface area contributed by atoms with Crippen LogP contribution in [0.2, 0.25) is 0 Å². The van der Waals surface area contributed by atoms with E-state index in [1.54, 1.807) is 51.4 Å². The summed E-state index contributed by atoms with van der Waals surface area (Å²) in [5, 5.41) is 9.18. The molecule has 1 rings (SSSR count).